The van der Waals surface area contributed by atoms with E-state index in [4.69, 9.17) is 0 Å². The first kappa shape index (κ1) is 22.7. The van der Waals surface area contributed by atoms with Gasteiger partial charge in [0.2, 0.25) is 0 Å². The Bertz CT molecular complexity index is 851. The molecule has 156 valence electrons. The standard InChI is InChI=1S/C25H34N2O2/c1-5-6-7-11-20-16-23(28)21(13-12-19(4)10-8-9-18(2)3)25(29)24(20)22-17-26-14-15-27-22/h9,12,14-17,28-29H,5-8,10-11,13H2,1-4H3. The molecule has 4 nitrogen and oxygen atoms in total. The first-order valence-corrected chi connectivity index (χ1v) is 10.6. The number of hydrogen-bond acceptors (Lipinski definition) is 4. The number of unbranched alkanes of at least 4 members (excludes halogenated alkanes) is 2. The maximum absolute atomic E-state index is 11.1. The summed E-state index contributed by atoms with van der Waals surface area (Å²) in [5.74, 6) is 0.264. The summed E-state index contributed by atoms with van der Waals surface area (Å²) in [6, 6.07) is 1.79. The predicted octanol–water partition coefficient (Wildman–Crippen LogP) is 6.52. The average Bonchev–Trinajstić information content (AvgIpc) is 2.68. The minimum atomic E-state index is 0.116. The van der Waals surface area contributed by atoms with Crippen LogP contribution in [0.4, 0.5) is 0 Å². The highest BCUT2D eigenvalue weighted by atomic mass is 16.3. The van der Waals surface area contributed by atoms with Gasteiger partial charge < -0.3 is 10.2 Å². The molecule has 0 saturated heterocycles. The molecule has 4 heteroatoms. The van der Waals surface area contributed by atoms with Crippen LogP contribution in [0.15, 0.2) is 48.0 Å². The third-order valence-electron chi connectivity index (χ3n) is 5.08. The van der Waals surface area contributed by atoms with Gasteiger partial charge in [0.05, 0.1) is 11.9 Å². The van der Waals surface area contributed by atoms with E-state index in [1.165, 1.54) is 11.1 Å². The number of benzene rings is 1. The molecule has 0 saturated carbocycles. The van der Waals surface area contributed by atoms with E-state index in [0.29, 0.717) is 23.2 Å². The Morgan fingerprint density at radius 2 is 1.86 bits per heavy atom. The van der Waals surface area contributed by atoms with E-state index in [1.54, 1.807) is 24.7 Å². The largest absolute Gasteiger partial charge is 0.508 e. The van der Waals surface area contributed by atoms with Crippen LogP contribution < -0.4 is 0 Å². The van der Waals surface area contributed by atoms with Gasteiger partial charge in [-0.3, -0.25) is 9.97 Å². The highest BCUT2D eigenvalue weighted by Crippen LogP contribution is 2.40. The second-order valence-electron chi connectivity index (χ2n) is 7.88. The normalized spacial score (nSPS) is 11.5. The lowest BCUT2D eigenvalue weighted by molar-refractivity contribution is 0.440. The number of aryl methyl sites for hydroxylation is 1. The lowest BCUT2D eigenvalue weighted by Crippen LogP contribution is -1.98. The third kappa shape index (κ3) is 6.74. The van der Waals surface area contributed by atoms with Crippen molar-refractivity contribution in [3.8, 4) is 22.8 Å². The summed E-state index contributed by atoms with van der Waals surface area (Å²) in [6.45, 7) is 8.46. The molecule has 0 atom stereocenters. The Kier molecular flexibility index (Phi) is 8.91. The number of allylic oxidation sites excluding steroid dienone is 4. The number of phenolic OH excluding ortho intramolecular Hbond substituents is 2. The van der Waals surface area contributed by atoms with Gasteiger partial charge in [0, 0.05) is 23.5 Å². The van der Waals surface area contributed by atoms with Crippen molar-refractivity contribution < 1.29 is 10.2 Å². The lowest BCUT2D eigenvalue weighted by atomic mass is 9.93. The smallest absolute Gasteiger partial charge is 0.132 e. The Balaban J connectivity index is 2.34. The number of hydrogen-bond donors (Lipinski definition) is 2. The van der Waals surface area contributed by atoms with Crippen molar-refractivity contribution in [2.75, 3.05) is 0 Å². The number of aromatic hydroxyl groups is 2. The summed E-state index contributed by atoms with van der Waals surface area (Å²) >= 11 is 0. The molecule has 0 spiro atoms. The van der Waals surface area contributed by atoms with E-state index >= 15 is 0 Å². The van der Waals surface area contributed by atoms with Crippen LogP contribution in [-0.4, -0.2) is 20.2 Å². The van der Waals surface area contributed by atoms with E-state index in [-0.39, 0.29) is 11.5 Å². The van der Waals surface area contributed by atoms with Crippen molar-refractivity contribution in [2.24, 2.45) is 0 Å². The molecule has 0 aliphatic heterocycles. The fraction of sp³-hybridized carbons (Fsp3) is 0.440. The Labute approximate surface area is 175 Å². The van der Waals surface area contributed by atoms with Gasteiger partial charge in [-0.1, -0.05) is 43.1 Å². The van der Waals surface area contributed by atoms with Crippen LogP contribution >= 0.6 is 0 Å². The van der Waals surface area contributed by atoms with E-state index in [2.05, 4.69) is 49.8 Å². The van der Waals surface area contributed by atoms with Gasteiger partial charge in [-0.15, -0.1) is 0 Å². The van der Waals surface area contributed by atoms with Crippen LogP contribution in [0.2, 0.25) is 0 Å². The zero-order valence-corrected chi connectivity index (χ0v) is 18.2. The quantitative estimate of drug-likeness (QED) is 0.355. The lowest BCUT2D eigenvalue weighted by Gasteiger charge is -2.16. The topological polar surface area (TPSA) is 66.2 Å². The molecule has 0 aliphatic rings. The van der Waals surface area contributed by atoms with Crippen LogP contribution in [0.1, 0.15) is 70.9 Å². The summed E-state index contributed by atoms with van der Waals surface area (Å²) < 4.78 is 0. The Hall–Kier alpha value is -2.62. The molecule has 1 heterocycles. The van der Waals surface area contributed by atoms with Crippen molar-refractivity contribution in [1.82, 2.24) is 9.97 Å². The summed E-state index contributed by atoms with van der Waals surface area (Å²) in [6.07, 6.45) is 15.7. The Morgan fingerprint density at radius 3 is 2.52 bits per heavy atom. The van der Waals surface area contributed by atoms with E-state index in [1.807, 2.05) is 0 Å². The minimum absolute atomic E-state index is 0.116. The second kappa shape index (κ2) is 11.4. The average molecular weight is 395 g/mol. The molecule has 2 rings (SSSR count). The molecular weight excluding hydrogens is 360 g/mol. The molecule has 0 radical (unpaired) electrons. The highest BCUT2D eigenvalue weighted by molar-refractivity contribution is 5.74. The minimum Gasteiger partial charge on any atom is -0.508 e. The van der Waals surface area contributed by atoms with Crippen LogP contribution in [0.5, 0.6) is 11.5 Å². The van der Waals surface area contributed by atoms with Gasteiger partial charge >= 0.3 is 0 Å². The van der Waals surface area contributed by atoms with Gasteiger partial charge in [0.15, 0.2) is 0 Å². The summed E-state index contributed by atoms with van der Waals surface area (Å²) in [7, 11) is 0. The van der Waals surface area contributed by atoms with E-state index in [0.717, 1.165) is 44.1 Å². The van der Waals surface area contributed by atoms with Crippen molar-refractivity contribution >= 4 is 0 Å². The first-order valence-electron chi connectivity index (χ1n) is 10.6. The number of phenols is 2. The first-order chi connectivity index (χ1) is 13.9. The molecule has 0 unspecified atom stereocenters. The van der Waals surface area contributed by atoms with Crippen molar-refractivity contribution in [1.29, 1.82) is 0 Å². The van der Waals surface area contributed by atoms with Gasteiger partial charge in [0.1, 0.15) is 11.5 Å². The number of aromatic nitrogens is 2. The van der Waals surface area contributed by atoms with Crippen LogP contribution in [0.3, 0.4) is 0 Å². The van der Waals surface area contributed by atoms with Gasteiger partial charge in [-0.05, 0) is 64.5 Å². The van der Waals surface area contributed by atoms with Crippen LogP contribution in [0.25, 0.3) is 11.3 Å². The molecule has 0 bridgehead atoms. The molecule has 0 amide bonds. The maximum atomic E-state index is 11.1. The fourth-order valence-electron chi connectivity index (χ4n) is 3.39. The molecule has 0 fully saturated rings. The highest BCUT2D eigenvalue weighted by Gasteiger charge is 2.19. The van der Waals surface area contributed by atoms with Crippen LogP contribution in [0, 0.1) is 0 Å². The zero-order valence-electron chi connectivity index (χ0n) is 18.2. The number of rotatable bonds is 10. The molecule has 1 aromatic carbocycles. The summed E-state index contributed by atoms with van der Waals surface area (Å²) in [5.41, 5.74) is 5.36. The molecule has 29 heavy (non-hydrogen) atoms. The van der Waals surface area contributed by atoms with Gasteiger partial charge in [-0.2, -0.15) is 0 Å². The summed E-state index contributed by atoms with van der Waals surface area (Å²) in [4.78, 5) is 8.56. The predicted molar refractivity (Wildman–Crippen MR) is 120 cm³/mol. The third-order valence-corrected chi connectivity index (χ3v) is 5.08. The van der Waals surface area contributed by atoms with E-state index in [9.17, 15) is 10.2 Å². The fourth-order valence-corrected chi connectivity index (χ4v) is 3.39. The molecule has 2 N–H and O–H groups in total. The number of nitrogens with zero attached hydrogens (tertiary/aromatic N) is 2. The van der Waals surface area contributed by atoms with Crippen molar-refractivity contribution in [3.05, 3.63) is 59.1 Å². The second-order valence-corrected chi connectivity index (χ2v) is 7.88. The van der Waals surface area contributed by atoms with Crippen LogP contribution in [-0.2, 0) is 12.8 Å². The van der Waals surface area contributed by atoms with Gasteiger partial charge in [-0.25, -0.2) is 0 Å². The SMILES string of the molecule is CCCCCc1cc(O)c(CC=C(C)CCC=C(C)C)c(O)c1-c1cnccn1. The van der Waals surface area contributed by atoms with Gasteiger partial charge in [0.25, 0.3) is 0 Å². The molecule has 2 aromatic rings. The monoisotopic (exact) mass is 394 g/mol. The zero-order chi connectivity index (χ0) is 21.2. The van der Waals surface area contributed by atoms with E-state index < -0.39 is 0 Å². The summed E-state index contributed by atoms with van der Waals surface area (Å²) in [5, 5.41) is 21.7. The molecular formula is C25H34N2O2. The van der Waals surface area contributed by atoms with Crippen molar-refractivity contribution in [2.45, 2.75) is 72.6 Å². The maximum Gasteiger partial charge on any atom is 0.132 e. The molecule has 1 aromatic heterocycles. The van der Waals surface area contributed by atoms with Crippen molar-refractivity contribution in [3.63, 3.8) is 0 Å². The molecule has 0 aliphatic carbocycles. The Morgan fingerprint density at radius 1 is 1.07 bits per heavy atom.